The van der Waals surface area contributed by atoms with Crippen molar-refractivity contribution in [1.82, 2.24) is 4.90 Å². The normalized spacial score (nSPS) is 32.1. The van der Waals surface area contributed by atoms with E-state index >= 15 is 0 Å². The van der Waals surface area contributed by atoms with Crippen LogP contribution in [0.1, 0.15) is 33.1 Å². The Bertz CT molecular complexity index is 891. The fraction of sp³-hybridized carbons (Fsp3) is 0.591. The highest BCUT2D eigenvalue weighted by Gasteiger charge is 2.75. The molecule has 0 aliphatic carbocycles. The van der Waals surface area contributed by atoms with Crippen LogP contribution in [0.3, 0.4) is 0 Å². The zero-order chi connectivity index (χ0) is 22.3. The number of rotatable bonds is 7. The quantitative estimate of drug-likeness (QED) is 0.615. The second kappa shape index (κ2) is 8.41. The standard InChI is InChI=1S/C22H27ClN2O6/c1-3-12(11-26)25-18(19(27)24-14-8-6-5-7-13(14)23)22-10-9-15(31-22)16(17(22)20(25)28)21(29)30-4-2/h5-8,12,15-18,26H,3-4,9-11H2,1-2H3,(H,24,27)/t12-,15+,16-,17-,18?,22?/m0/s1. The fourth-order valence-corrected chi connectivity index (χ4v) is 5.65. The minimum absolute atomic E-state index is 0.199. The van der Waals surface area contributed by atoms with Gasteiger partial charge in [0.25, 0.3) is 0 Å². The number of carbonyl (C=O) groups excluding carboxylic acids is 3. The smallest absolute Gasteiger partial charge is 0.312 e. The highest BCUT2D eigenvalue weighted by molar-refractivity contribution is 6.33. The van der Waals surface area contributed by atoms with Crippen molar-refractivity contribution in [3.05, 3.63) is 29.3 Å². The molecule has 31 heavy (non-hydrogen) atoms. The molecule has 4 rings (SSSR count). The van der Waals surface area contributed by atoms with E-state index in [4.69, 9.17) is 21.1 Å². The first-order chi connectivity index (χ1) is 14.9. The number of para-hydroxylation sites is 1. The molecule has 0 aromatic heterocycles. The number of ether oxygens (including phenoxy) is 2. The largest absolute Gasteiger partial charge is 0.466 e. The summed E-state index contributed by atoms with van der Waals surface area (Å²) in [6.45, 7) is 3.45. The minimum atomic E-state index is -1.13. The van der Waals surface area contributed by atoms with Gasteiger partial charge in [-0.05, 0) is 38.3 Å². The van der Waals surface area contributed by atoms with Crippen molar-refractivity contribution in [1.29, 1.82) is 0 Å². The summed E-state index contributed by atoms with van der Waals surface area (Å²) < 4.78 is 11.5. The maximum Gasteiger partial charge on any atom is 0.312 e. The van der Waals surface area contributed by atoms with Crippen molar-refractivity contribution in [3.63, 3.8) is 0 Å². The SMILES string of the molecule is CCOC(=O)[C@@H]1[C@H]2C(=O)N([C@@H](CC)CO)C(C(=O)Nc3ccccc3Cl)C23CC[C@H]1O3. The zero-order valence-electron chi connectivity index (χ0n) is 17.5. The molecule has 1 aromatic carbocycles. The number of hydrogen-bond acceptors (Lipinski definition) is 6. The first kappa shape index (κ1) is 22.0. The van der Waals surface area contributed by atoms with Gasteiger partial charge in [0.05, 0.1) is 47.9 Å². The maximum absolute atomic E-state index is 13.6. The van der Waals surface area contributed by atoms with Gasteiger partial charge < -0.3 is 24.8 Å². The Kier molecular flexibility index (Phi) is 5.98. The van der Waals surface area contributed by atoms with Gasteiger partial charge in [-0.1, -0.05) is 30.7 Å². The topological polar surface area (TPSA) is 105 Å². The highest BCUT2D eigenvalue weighted by Crippen LogP contribution is 2.59. The average molecular weight is 451 g/mol. The van der Waals surface area contributed by atoms with Crippen molar-refractivity contribution < 1.29 is 29.0 Å². The Morgan fingerprint density at radius 2 is 2.13 bits per heavy atom. The molecule has 1 spiro atoms. The lowest BCUT2D eigenvalue weighted by molar-refractivity contribution is -0.155. The number of nitrogens with zero attached hydrogens (tertiary/aromatic N) is 1. The number of nitrogens with one attached hydrogen (secondary N) is 1. The van der Waals surface area contributed by atoms with Crippen LogP contribution in [0.2, 0.25) is 5.02 Å². The summed E-state index contributed by atoms with van der Waals surface area (Å²) in [6, 6.07) is 5.28. The molecule has 1 aromatic rings. The van der Waals surface area contributed by atoms with Gasteiger partial charge in [0.15, 0.2) is 0 Å². The third kappa shape index (κ3) is 3.32. The number of carbonyl (C=O) groups is 3. The van der Waals surface area contributed by atoms with E-state index in [-0.39, 0.29) is 19.1 Å². The Morgan fingerprint density at radius 3 is 2.77 bits per heavy atom. The van der Waals surface area contributed by atoms with Crippen molar-refractivity contribution in [2.75, 3.05) is 18.5 Å². The van der Waals surface area contributed by atoms with Gasteiger partial charge in [0.1, 0.15) is 11.6 Å². The minimum Gasteiger partial charge on any atom is -0.466 e. The first-order valence-electron chi connectivity index (χ1n) is 10.7. The molecule has 3 saturated heterocycles. The van der Waals surface area contributed by atoms with Crippen LogP contribution in [0.25, 0.3) is 0 Å². The fourth-order valence-electron chi connectivity index (χ4n) is 5.47. The molecule has 3 heterocycles. The Morgan fingerprint density at radius 1 is 1.39 bits per heavy atom. The summed E-state index contributed by atoms with van der Waals surface area (Å²) in [7, 11) is 0. The Balaban J connectivity index is 1.74. The summed E-state index contributed by atoms with van der Waals surface area (Å²) in [5.41, 5.74) is -0.708. The van der Waals surface area contributed by atoms with Gasteiger partial charge in [-0.15, -0.1) is 0 Å². The molecular weight excluding hydrogens is 424 g/mol. The van der Waals surface area contributed by atoms with Crippen LogP contribution >= 0.6 is 11.6 Å². The predicted molar refractivity (Wildman–Crippen MR) is 112 cm³/mol. The van der Waals surface area contributed by atoms with E-state index in [2.05, 4.69) is 5.32 Å². The number of benzene rings is 1. The van der Waals surface area contributed by atoms with Crippen LogP contribution in [-0.4, -0.2) is 64.8 Å². The molecule has 3 aliphatic heterocycles. The molecule has 6 atom stereocenters. The predicted octanol–water partition coefficient (Wildman–Crippen LogP) is 1.99. The summed E-state index contributed by atoms with van der Waals surface area (Å²) in [5.74, 6) is -2.83. The van der Waals surface area contributed by atoms with Crippen molar-refractivity contribution in [2.24, 2.45) is 11.8 Å². The number of hydrogen-bond donors (Lipinski definition) is 2. The Labute approximate surface area is 185 Å². The second-order valence-corrected chi connectivity index (χ2v) is 8.67. The van der Waals surface area contributed by atoms with E-state index < -0.39 is 47.5 Å². The van der Waals surface area contributed by atoms with Gasteiger partial charge in [-0.3, -0.25) is 14.4 Å². The zero-order valence-corrected chi connectivity index (χ0v) is 18.3. The lowest BCUT2D eigenvalue weighted by Crippen LogP contribution is -2.56. The van der Waals surface area contributed by atoms with Gasteiger partial charge in [0.2, 0.25) is 11.8 Å². The number of anilines is 1. The number of esters is 1. The van der Waals surface area contributed by atoms with Crippen LogP contribution in [0.5, 0.6) is 0 Å². The summed E-state index contributed by atoms with van der Waals surface area (Å²) in [5, 5.41) is 13.1. The monoisotopic (exact) mass is 450 g/mol. The van der Waals surface area contributed by atoms with E-state index in [1.165, 1.54) is 4.90 Å². The molecule has 2 amide bonds. The number of halogens is 1. The van der Waals surface area contributed by atoms with Gasteiger partial charge in [-0.2, -0.15) is 0 Å². The molecule has 2 N–H and O–H groups in total. The van der Waals surface area contributed by atoms with Gasteiger partial charge in [0, 0.05) is 0 Å². The van der Waals surface area contributed by atoms with Gasteiger partial charge in [-0.25, -0.2) is 0 Å². The maximum atomic E-state index is 13.6. The molecule has 2 unspecified atom stereocenters. The molecular formula is C22H27ClN2O6. The lowest BCUT2D eigenvalue weighted by Gasteiger charge is -2.36. The molecule has 8 nitrogen and oxygen atoms in total. The first-order valence-corrected chi connectivity index (χ1v) is 11.1. The van der Waals surface area contributed by atoms with Crippen molar-refractivity contribution in [3.8, 4) is 0 Å². The summed E-state index contributed by atoms with van der Waals surface area (Å²) in [6.07, 6.45) is 1.03. The number of likely N-dealkylation sites (tertiary alicyclic amines) is 1. The van der Waals surface area contributed by atoms with Crippen molar-refractivity contribution >= 4 is 35.1 Å². The van der Waals surface area contributed by atoms with Crippen LogP contribution in [0.4, 0.5) is 5.69 Å². The molecule has 9 heteroatoms. The van der Waals surface area contributed by atoms with Crippen LogP contribution in [0.15, 0.2) is 24.3 Å². The molecule has 2 bridgehead atoms. The Hall–Kier alpha value is -2.16. The molecule has 3 aliphatic rings. The van der Waals surface area contributed by atoms with Crippen molar-refractivity contribution in [2.45, 2.75) is 56.9 Å². The third-order valence-corrected chi connectivity index (χ3v) is 7.08. The van der Waals surface area contributed by atoms with Gasteiger partial charge >= 0.3 is 5.97 Å². The van der Waals surface area contributed by atoms with Crippen LogP contribution in [0, 0.1) is 11.8 Å². The van der Waals surface area contributed by atoms with Crippen LogP contribution < -0.4 is 5.32 Å². The van der Waals surface area contributed by atoms with E-state index in [0.29, 0.717) is 30.0 Å². The summed E-state index contributed by atoms with van der Waals surface area (Å²) >= 11 is 6.22. The molecule has 168 valence electrons. The highest BCUT2D eigenvalue weighted by atomic mass is 35.5. The number of aliphatic hydroxyl groups excluding tert-OH is 1. The van der Waals surface area contributed by atoms with E-state index in [0.717, 1.165) is 0 Å². The second-order valence-electron chi connectivity index (χ2n) is 8.27. The molecule has 3 fully saturated rings. The number of fused-ring (bicyclic) bond motifs is 1. The third-order valence-electron chi connectivity index (χ3n) is 6.75. The van der Waals surface area contributed by atoms with E-state index in [1.54, 1.807) is 31.2 Å². The van der Waals surface area contributed by atoms with E-state index in [9.17, 15) is 19.5 Å². The van der Waals surface area contributed by atoms with Crippen LogP contribution in [-0.2, 0) is 23.9 Å². The summed E-state index contributed by atoms with van der Waals surface area (Å²) in [4.78, 5) is 41.3. The number of amides is 2. The molecule has 0 saturated carbocycles. The lowest BCUT2D eigenvalue weighted by atomic mass is 9.70. The average Bonchev–Trinajstić information content (AvgIpc) is 3.39. The molecule has 0 radical (unpaired) electrons. The number of aliphatic hydroxyl groups is 1. The van der Waals surface area contributed by atoms with E-state index in [1.807, 2.05) is 6.92 Å².